The third kappa shape index (κ3) is 2.42. The highest BCUT2D eigenvalue weighted by molar-refractivity contribution is 5.84. The molecule has 0 unspecified atom stereocenters. The van der Waals surface area contributed by atoms with Crippen LogP contribution in [-0.4, -0.2) is 16.7 Å². The van der Waals surface area contributed by atoms with Gasteiger partial charge in [-0.3, -0.25) is 0 Å². The molecule has 2 aromatic rings. The fraction of sp³-hybridized carbons (Fsp3) is 0.500. The van der Waals surface area contributed by atoms with E-state index in [-0.39, 0.29) is 0 Å². The van der Waals surface area contributed by atoms with E-state index in [0.717, 1.165) is 29.7 Å². The number of rotatable bonds is 6. The smallest absolute Gasteiger partial charge is 0.201 e. The Hall–Kier alpha value is -1.71. The molecule has 18 heavy (non-hydrogen) atoms. The summed E-state index contributed by atoms with van der Waals surface area (Å²) in [4.78, 5) is 4.40. The number of aromatic nitrogens is 2. The summed E-state index contributed by atoms with van der Waals surface area (Å²) in [7, 11) is 1.66. The molecule has 4 heteroatoms. The number of benzene rings is 1. The molecule has 0 aliphatic rings. The Kier molecular flexibility index (Phi) is 4.07. The first-order chi connectivity index (χ1) is 8.77. The Morgan fingerprint density at radius 1 is 1.28 bits per heavy atom. The molecule has 1 aromatic heterocycles. The van der Waals surface area contributed by atoms with Crippen LogP contribution in [-0.2, 0) is 6.54 Å². The second-order valence-electron chi connectivity index (χ2n) is 4.51. The van der Waals surface area contributed by atoms with Crippen LogP contribution in [0.4, 0.5) is 5.95 Å². The fourth-order valence-corrected chi connectivity index (χ4v) is 2.24. The zero-order valence-electron chi connectivity index (χ0n) is 11.1. The molecule has 0 radical (unpaired) electrons. The number of hydrogen-bond donors (Lipinski definition) is 1. The molecule has 0 aliphatic carbocycles. The minimum Gasteiger partial charge on any atom is -0.494 e. The number of anilines is 1. The van der Waals surface area contributed by atoms with Crippen molar-refractivity contribution in [1.82, 2.24) is 9.55 Å². The normalized spacial score (nSPS) is 11.0. The van der Waals surface area contributed by atoms with Gasteiger partial charge in [0.1, 0.15) is 11.3 Å². The van der Waals surface area contributed by atoms with Crippen molar-refractivity contribution in [2.45, 2.75) is 39.2 Å². The van der Waals surface area contributed by atoms with Gasteiger partial charge in [-0.2, -0.15) is 0 Å². The van der Waals surface area contributed by atoms with Crippen LogP contribution in [0.3, 0.4) is 0 Å². The third-order valence-corrected chi connectivity index (χ3v) is 3.23. The molecule has 0 fully saturated rings. The van der Waals surface area contributed by atoms with Gasteiger partial charge in [-0.15, -0.1) is 0 Å². The summed E-state index contributed by atoms with van der Waals surface area (Å²) < 4.78 is 7.38. The first-order valence-electron chi connectivity index (χ1n) is 6.56. The summed E-state index contributed by atoms with van der Waals surface area (Å²) in [5, 5.41) is 0. The molecule has 1 heterocycles. The van der Waals surface area contributed by atoms with Gasteiger partial charge >= 0.3 is 0 Å². The molecule has 2 rings (SSSR count). The minimum atomic E-state index is 0.575. The van der Waals surface area contributed by atoms with E-state index in [1.165, 1.54) is 19.3 Å². The lowest BCUT2D eigenvalue weighted by Crippen LogP contribution is -2.03. The minimum absolute atomic E-state index is 0.575. The predicted octanol–water partition coefficient (Wildman–Crippen LogP) is 3.21. The molecule has 98 valence electrons. The van der Waals surface area contributed by atoms with Crippen molar-refractivity contribution in [1.29, 1.82) is 0 Å². The standard InChI is InChI=1S/C14H21N3O/c1-3-4-5-6-10-17-11-8-7-9-12(18-2)13(11)16-14(17)15/h7-9H,3-6,10H2,1-2H3,(H2,15,16). The van der Waals surface area contributed by atoms with E-state index in [9.17, 15) is 0 Å². The second-order valence-corrected chi connectivity index (χ2v) is 4.51. The van der Waals surface area contributed by atoms with Gasteiger partial charge in [0.05, 0.1) is 12.6 Å². The molecule has 0 amide bonds. The van der Waals surface area contributed by atoms with Crippen LogP contribution < -0.4 is 10.5 Å². The number of unbranched alkanes of at least 4 members (excludes halogenated alkanes) is 3. The van der Waals surface area contributed by atoms with Gasteiger partial charge < -0.3 is 15.0 Å². The maximum absolute atomic E-state index is 5.99. The van der Waals surface area contributed by atoms with E-state index in [1.807, 2.05) is 18.2 Å². The van der Waals surface area contributed by atoms with E-state index in [0.29, 0.717) is 5.95 Å². The highest BCUT2D eigenvalue weighted by atomic mass is 16.5. The summed E-state index contributed by atoms with van der Waals surface area (Å²) in [6.07, 6.45) is 4.89. The maximum atomic E-state index is 5.99. The van der Waals surface area contributed by atoms with Crippen LogP contribution in [0.25, 0.3) is 11.0 Å². The molecule has 0 aliphatic heterocycles. The summed E-state index contributed by atoms with van der Waals surface area (Å²) >= 11 is 0. The maximum Gasteiger partial charge on any atom is 0.201 e. The molecular weight excluding hydrogens is 226 g/mol. The van der Waals surface area contributed by atoms with E-state index < -0.39 is 0 Å². The number of hydrogen-bond acceptors (Lipinski definition) is 3. The average Bonchev–Trinajstić information content (AvgIpc) is 2.70. The Labute approximate surface area is 108 Å². The Balaban J connectivity index is 2.24. The van der Waals surface area contributed by atoms with Crippen LogP contribution in [0.1, 0.15) is 32.6 Å². The topological polar surface area (TPSA) is 53.1 Å². The summed E-state index contributed by atoms with van der Waals surface area (Å²) in [6.45, 7) is 3.14. The highest BCUT2D eigenvalue weighted by Crippen LogP contribution is 2.27. The number of methoxy groups -OCH3 is 1. The zero-order valence-corrected chi connectivity index (χ0v) is 11.1. The van der Waals surface area contributed by atoms with Crippen LogP contribution in [0, 0.1) is 0 Å². The molecule has 0 saturated heterocycles. The van der Waals surface area contributed by atoms with Crippen molar-refractivity contribution in [3.8, 4) is 5.75 Å². The number of aryl methyl sites for hydroxylation is 1. The van der Waals surface area contributed by atoms with Crippen molar-refractivity contribution >= 4 is 17.0 Å². The van der Waals surface area contributed by atoms with Crippen LogP contribution in [0.15, 0.2) is 18.2 Å². The zero-order chi connectivity index (χ0) is 13.0. The van der Waals surface area contributed by atoms with Gasteiger partial charge in [-0.05, 0) is 18.6 Å². The SMILES string of the molecule is CCCCCCn1c(N)nc2c(OC)cccc21. The molecule has 0 saturated carbocycles. The number of para-hydroxylation sites is 1. The van der Waals surface area contributed by atoms with Gasteiger partial charge in [0.15, 0.2) is 0 Å². The van der Waals surface area contributed by atoms with E-state index in [2.05, 4.69) is 16.5 Å². The molecular formula is C14H21N3O. The molecule has 0 bridgehead atoms. The lowest BCUT2D eigenvalue weighted by Gasteiger charge is -2.06. The largest absolute Gasteiger partial charge is 0.494 e. The molecule has 1 aromatic carbocycles. The van der Waals surface area contributed by atoms with Gasteiger partial charge in [0.2, 0.25) is 5.95 Å². The predicted molar refractivity (Wildman–Crippen MR) is 74.8 cm³/mol. The van der Waals surface area contributed by atoms with Crippen molar-refractivity contribution in [2.24, 2.45) is 0 Å². The lowest BCUT2D eigenvalue weighted by molar-refractivity contribution is 0.419. The average molecular weight is 247 g/mol. The summed E-state index contributed by atoms with van der Waals surface area (Å²) in [5.74, 6) is 1.36. The number of nitrogens with two attached hydrogens (primary N) is 1. The quantitative estimate of drug-likeness (QED) is 0.797. The Morgan fingerprint density at radius 2 is 2.11 bits per heavy atom. The molecule has 4 nitrogen and oxygen atoms in total. The number of nitrogens with zero attached hydrogens (tertiary/aromatic N) is 2. The van der Waals surface area contributed by atoms with Crippen molar-refractivity contribution in [2.75, 3.05) is 12.8 Å². The molecule has 0 atom stereocenters. The van der Waals surface area contributed by atoms with Crippen LogP contribution >= 0.6 is 0 Å². The highest BCUT2D eigenvalue weighted by Gasteiger charge is 2.11. The van der Waals surface area contributed by atoms with E-state index in [1.54, 1.807) is 7.11 Å². The van der Waals surface area contributed by atoms with Crippen LogP contribution in [0.5, 0.6) is 5.75 Å². The van der Waals surface area contributed by atoms with Gasteiger partial charge in [-0.25, -0.2) is 4.98 Å². The monoisotopic (exact) mass is 247 g/mol. The summed E-state index contributed by atoms with van der Waals surface area (Å²) in [5.41, 5.74) is 7.90. The van der Waals surface area contributed by atoms with Gasteiger partial charge in [-0.1, -0.05) is 32.3 Å². The molecule has 0 spiro atoms. The van der Waals surface area contributed by atoms with Gasteiger partial charge in [0, 0.05) is 6.54 Å². The first-order valence-corrected chi connectivity index (χ1v) is 6.56. The van der Waals surface area contributed by atoms with Crippen molar-refractivity contribution in [3.63, 3.8) is 0 Å². The van der Waals surface area contributed by atoms with E-state index >= 15 is 0 Å². The third-order valence-electron chi connectivity index (χ3n) is 3.23. The summed E-state index contributed by atoms with van der Waals surface area (Å²) in [6, 6.07) is 5.93. The van der Waals surface area contributed by atoms with Gasteiger partial charge in [0.25, 0.3) is 0 Å². The second kappa shape index (κ2) is 5.76. The number of nitrogen functional groups attached to an aromatic ring is 1. The van der Waals surface area contributed by atoms with Crippen LogP contribution in [0.2, 0.25) is 0 Å². The number of ether oxygens (including phenoxy) is 1. The number of imidazole rings is 1. The molecule has 2 N–H and O–H groups in total. The number of fused-ring (bicyclic) bond motifs is 1. The lowest BCUT2D eigenvalue weighted by atomic mass is 10.2. The van der Waals surface area contributed by atoms with Crippen molar-refractivity contribution < 1.29 is 4.74 Å². The first kappa shape index (κ1) is 12.7. The van der Waals surface area contributed by atoms with E-state index in [4.69, 9.17) is 10.5 Å². The van der Waals surface area contributed by atoms with Crippen molar-refractivity contribution in [3.05, 3.63) is 18.2 Å². The fourth-order valence-electron chi connectivity index (χ4n) is 2.24. The Morgan fingerprint density at radius 3 is 2.83 bits per heavy atom. The Bertz CT molecular complexity index is 519.